The van der Waals surface area contributed by atoms with Crippen molar-refractivity contribution in [3.05, 3.63) is 52.7 Å². The van der Waals surface area contributed by atoms with Crippen molar-refractivity contribution in [1.82, 2.24) is 19.4 Å². The van der Waals surface area contributed by atoms with Gasteiger partial charge in [0.05, 0.1) is 36.6 Å². The third kappa shape index (κ3) is 5.51. The van der Waals surface area contributed by atoms with Crippen molar-refractivity contribution in [3.63, 3.8) is 0 Å². The lowest BCUT2D eigenvalue weighted by molar-refractivity contribution is -0.140. The maximum absolute atomic E-state index is 14.9. The number of amides is 1. The monoisotopic (exact) mass is 563 g/mol. The average molecular weight is 564 g/mol. The molecular formula is C28H33F4N5O3. The van der Waals surface area contributed by atoms with Gasteiger partial charge in [-0.05, 0) is 44.7 Å². The fourth-order valence-corrected chi connectivity index (χ4v) is 5.75. The Hall–Kier alpha value is -3.25. The minimum atomic E-state index is -4.79. The number of methoxy groups -OCH3 is 1. The van der Waals surface area contributed by atoms with Gasteiger partial charge in [0, 0.05) is 38.0 Å². The van der Waals surface area contributed by atoms with Gasteiger partial charge < -0.3 is 24.3 Å². The molecule has 1 unspecified atom stereocenters. The first-order chi connectivity index (χ1) is 19.1. The molecule has 0 spiro atoms. The highest BCUT2D eigenvalue weighted by Crippen LogP contribution is 2.40. The summed E-state index contributed by atoms with van der Waals surface area (Å²) in [5, 5.41) is 3.83. The van der Waals surface area contributed by atoms with Crippen LogP contribution in [0.2, 0.25) is 0 Å². The van der Waals surface area contributed by atoms with E-state index in [0.717, 1.165) is 24.6 Å². The van der Waals surface area contributed by atoms with Crippen molar-refractivity contribution in [3.8, 4) is 0 Å². The number of hydrogen-bond donors (Lipinski definition) is 1. The molecule has 1 fully saturated rings. The molecule has 40 heavy (non-hydrogen) atoms. The normalized spacial score (nSPS) is 19.1. The SMILES string of the molecule is COCCC(=O)N1CCC(C2OCCn3c2cc2c(N[C@H](C)c4cccc(C(F)(F)F)c4F)nc(C)nc23)CC1. The van der Waals surface area contributed by atoms with Crippen LogP contribution in [0.5, 0.6) is 0 Å². The molecule has 1 amide bonds. The molecule has 0 radical (unpaired) electrons. The third-order valence-corrected chi connectivity index (χ3v) is 7.79. The summed E-state index contributed by atoms with van der Waals surface area (Å²) in [7, 11) is 1.58. The maximum Gasteiger partial charge on any atom is 0.419 e. The lowest BCUT2D eigenvalue weighted by Gasteiger charge is -2.38. The summed E-state index contributed by atoms with van der Waals surface area (Å²) in [6.07, 6.45) is -3.02. The minimum Gasteiger partial charge on any atom is -0.384 e. The van der Waals surface area contributed by atoms with E-state index >= 15 is 0 Å². The fourth-order valence-electron chi connectivity index (χ4n) is 5.75. The predicted molar refractivity (Wildman–Crippen MR) is 140 cm³/mol. The molecule has 0 bridgehead atoms. The first-order valence-corrected chi connectivity index (χ1v) is 13.5. The Morgan fingerprint density at radius 3 is 2.67 bits per heavy atom. The van der Waals surface area contributed by atoms with Gasteiger partial charge in [0.15, 0.2) is 0 Å². The Bertz CT molecular complexity index is 1380. The van der Waals surface area contributed by atoms with E-state index in [4.69, 9.17) is 9.47 Å². The van der Waals surface area contributed by atoms with Gasteiger partial charge in [0.25, 0.3) is 0 Å². The largest absolute Gasteiger partial charge is 0.419 e. The zero-order valence-electron chi connectivity index (χ0n) is 22.7. The Morgan fingerprint density at radius 2 is 1.98 bits per heavy atom. The molecule has 5 rings (SSSR count). The molecule has 1 aromatic carbocycles. The smallest absolute Gasteiger partial charge is 0.384 e. The van der Waals surface area contributed by atoms with E-state index in [-0.39, 0.29) is 23.5 Å². The van der Waals surface area contributed by atoms with Crippen LogP contribution < -0.4 is 5.32 Å². The molecule has 1 N–H and O–H groups in total. The standard InChI is InChI=1S/C28H33F4N5O3/c1-16(19-5-4-6-21(24(19)29)28(30,31)32)33-26-20-15-22-25(40-14-12-37(22)27(20)35-17(2)34-26)18-7-10-36(11-8-18)23(38)9-13-39-3/h4-6,15-16,18,25H,7-14H2,1-3H3,(H,33,34,35)/t16-,25?/m1/s1. The van der Waals surface area contributed by atoms with E-state index in [9.17, 15) is 22.4 Å². The highest BCUT2D eigenvalue weighted by atomic mass is 19.4. The number of piperidine rings is 1. The highest BCUT2D eigenvalue weighted by Gasteiger charge is 2.36. The van der Waals surface area contributed by atoms with Crippen molar-refractivity contribution in [2.24, 2.45) is 5.92 Å². The van der Waals surface area contributed by atoms with Gasteiger partial charge in [-0.1, -0.05) is 12.1 Å². The Kier molecular flexibility index (Phi) is 8.01. The molecule has 3 aromatic rings. The number of nitrogens with zero attached hydrogens (tertiary/aromatic N) is 4. The van der Waals surface area contributed by atoms with E-state index in [1.54, 1.807) is 21.0 Å². The van der Waals surface area contributed by atoms with Crippen LogP contribution in [0.4, 0.5) is 23.4 Å². The molecule has 2 aromatic heterocycles. The van der Waals surface area contributed by atoms with Crippen molar-refractivity contribution in [1.29, 1.82) is 0 Å². The molecule has 2 aliphatic heterocycles. The second-order valence-electron chi connectivity index (χ2n) is 10.4. The predicted octanol–water partition coefficient (Wildman–Crippen LogP) is 5.42. The van der Waals surface area contributed by atoms with Crippen molar-refractivity contribution in [2.75, 3.05) is 38.7 Å². The molecule has 2 atom stereocenters. The summed E-state index contributed by atoms with van der Waals surface area (Å²) in [5.41, 5.74) is 0.248. The number of alkyl halides is 3. The number of hydrogen-bond acceptors (Lipinski definition) is 6. The van der Waals surface area contributed by atoms with Crippen molar-refractivity contribution >= 4 is 22.8 Å². The van der Waals surface area contributed by atoms with E-state index in [1.807, 2.05) is 11.0 Å². The fraction of sp³-hybridized carbons (Fsp3) is 0.536. The van der Waals surface area contributed by atoms with Crippen LogP contribution in [0.1, 0.15) is 61.0 Å². The number of carbonyl (C=O) groups excluding carboxylic acids is 1. The van der Waals surface area contributed by atoms with Gasteiger partial charge >= 0.3 is 6.18 Å². The van der Waals surface area contributed by atoms with Crippen molar-refractivity contribution < 1.29 is 31.8 Å². The van der Waals surface area contributed by atoms with Crippen LogP contribution in [0.15, 0.2) is 24.3 Å². The second-order valence-corrected chi connectivity index (χ2v) is 10.4. The number of nitrogens with one attached hydrogen (secondary N) is 1. The lowest BCUT2D eigenvalue weighted by Crippen LogP contribution is -2.41. The summed E-state index contributed by atoms with van der Waals surface area (Å²) < 4.78 is 68.1. The minimum absolute atomic E-state index is 0.0896. The molecule has 12 heteroatoms. The van der Waals surface area contributed by atoms with Crippen LogP contribution in [0, 0.1) is 18.7 Å². The summed E-state index contributed by atoms with van der Waals surface area (Å²) in [6, 6.07) is 4.46. The number of anilines is 1. The molecular weight excluding hydrogens is 530 g/mol. The lowest BCUT2D eigenvalue weighted by atomic mass is 9.88. The topological polar surface area (TPSA) is 81.5 Å². The molecule has 0 aliphatic carbocycles. The van der Waals surface area contributed by atoms with E-state index in [1.165, 1.54) is 12.1 Å². The molecule has 0 saturated carbocycles. The number of rotatable bonds is 7. The van der Waals surface area contributed by atoms with E-state index in [2.05, 4.69) is 19.9 Å². The zero-order valence-corrected chi connectivity index (χ0v) is 22.7. The van der Waals surface area contributed by atoms with Crippen LogP contribution in [0.25, 0.3) is 11.0 Å². The van der Waals surface area contributed by atoms with Gasteiger partial charge in [0.2, 0.25) is 5.91 Å². The third-order valence-electron chi connectivity index (χ3n) is 7.79. The number of likely N-dealkylation sites (tertiary alicyclic amines) is 1. The summed E-state index contributed by atoms with van der Waals surface area (Å²) in [5.74, 6) is -0.0940. The number of aromatic nitrogens is 3. The number of benzene rings is 1. The Morgan fingerprint density at radius 1 is 1.23 bits per heavy atom. The summed E-state index contributed by atoms with van der Waals surface area (Å²) >= 11 is 0. The van der Waals surface area contributed by atoms with Crippen LogP contribution in [-0.4, -0.2) is 58.8 Å². The van der Waals surface area contributed by atoms with Gasteiger partial charge in [0.1, 0.15) is 29.2 Å². The van der Waals surface area contributed by atoms with E-state index < -0.39 is 23.6 Å². The van der Waals surface area contributed by atoms with Crippen molar-refractivity contribution in [2.45, 2.75) is 58.0 Å². The maximum atomic E-state index is 14.9. The highest BCUT2D eigenvalue weighted by molar-refractivity contribution is 5.89. The molecule has 4 heterocycles. The number of halogens is 4. The van der Waals surface area contributed by atoms with Gasteiger partial charge in [-0.2, -0.15) is 13.2 Å². The molecule has 216 valence electrons. The van der Waals surface area contributed by atoms with Crippen LogP contribution in [-0.2, 0) is 27.0 Å². The summed E-state index contributed by atoms with van der Waals surface area (Å²) in [6.45, 7) is 6.15. The van der Waals surface area contributed by atoms with Crippen LogP contribution >= 0.6 is 0 Å². The molecule has 8 nitrogen and oxygen atoms in total. The zero-order chi connectivity index (χ0) is 28.6. The first-order valence-electron chi connectivity index (χ1n) is 13.5. The average Bonchev–Trinajstić information content (AvgIpc) is 3.30. The number of carbonyl (C=O) groups is 1. The van der Waals surface area contributed by atoms with Crippen LogP contribution in [0.3, 0.4) is 0 Å². The number of fused-ring (bicyclic) bond motifs is 3. The van der Waals surface area contributed by atoms with Gasteiger partial charge in [-0.3, -0.25) is 4.79 Å². The van der Waals surface area contributed by atoms with Gasteiger partial charge in [-0.15, -0.1) is 0 Å². The van der Waals surface area contributed by atoms with E-state index in [0.29, 0.717) is 61.9 Å². The first kappa shape index (κ1) is 28.3. The quantitative estimate of drug-likeness (QED) is 0.387. The number of aryl methyl sites for hydroxylation is 1. The Balaban J connectivity index is 1.41. The second kappa shape index (κ2) is 11.3. The Labute approximate surface area is 229 Å². The summed E-state index contributed by atoms with van der Waals surface area (Å²) in [4.78, 5) is 23.5. The molecule has 2 aliphatic rings. The van der Waals surface area contributed by atoms with Gasteiger partial charge in [-0.25, -0.2) is 14.4 Å². The number of ether oxygens (including phenoxy) is 2. The molecule has 1 saturated heterocycles.